The van der Waals surface area contributed by atoms with Crippen LogP contribution in [0.4, 0.5) is 5.69 Å². The zero-order chi connectivity index (χ0) is 12.7. The maximum atomic E-state index is 6.02. The number of benzene rings is 2. The molecule has 0 spiro atoms. The molecule has 0 saturated carbocycles. The number of anilines is 1. The third kappa shape index (κ3) is 1.88. The third-order valence-electron chi connectivity index (χ3n) is 2.91. The van der Waals surface area contributed by atoms with Crippen LogP contribution in [0.2, 0.25) is 0 Å². The number of nitrogens with zero attached hydrogens (tertiary/aromatic N) is 1. The molecule has 18 heavy (non-hydrogen) atoms. The predicted octanol–water partition coefficient (Wildman–Crippen LogP) is 3.88. The molecule has 1 aromatic heterocycles. The average Bonchev–Trinajstić information content (AvgIpc) is 2.71. The van der Waals surface area contributed by atoms with Crippen molar-refractivity contribution in [3.8, 4) is 11.4 Å². The van der Waals surface area contributed by atoms with Crippen LogP contribution in [0.25, 0.3) is 22.4 Å². The van der Waals surface area contributed by atoms with Gasteiger partial charge < -0.3 is 10.7 Å². The highest BCUT2D eigenvalue weighted by Gasteiger charge is 2.08. The second-order valence-corrected chi connectivity index (χ2v) is 5.25. The molecule has 3 aromatic rings. The van der Waals surface area contributed by atoms with Gasteiger partial charge in [-0.05, 0) is 42.8 Å². The fourth-order valence-corrected chi connectivity index (χ4v) is 2.38. The average molecular weight is 302 g/mol. The van der Waals surface area contributed by atoms with E-state index in [1.807, 2.05) is 24.3 Å². The predicted molar refractivity (Wildman–Crippen MR) is 78.4 cm³/mol. The minimum Gasteiger partial charge on any atom is -0.398 e. The summed E-state index contributed by atoms with van der Waals surface area (Å²) in [7, 11) is 0. The number of imidazole rings is 1. The van der Waals surface area contributed by atoms with Crippen molar-refractivity contribution in [2.75, 3.05) is 5.73 Å². The topological polar surface area (TPSA) is 54.7 Å². The quantitative estimate of drug-likeness (QED) is 0.670. The van der Waals surface area contributed by atoms with E-state index in [0.717, 1.165) is 26.9 Å². The molecular formula is C14H12BrN3. The molecule has 0 radical (unpaired) electrons. The fourth-order valence-electron chi connectivity index (χ4n) is 2.00. The van der Waals surface area contributed by atoms with Gasteiger partial charge in [0.05, 0.1) is 11.0 Å². The highest BCUT2D eigenvalue weighted by molar-refractivity contribution is 9.10. The second-order valence-electron chi connectivity index (χ2n) is 4.34. The molecule has 3 N–H and O–H groups in total. The van der Waals surface area contributed by atoms with Crippen molar-refractivity contribution in [3.63, 3.8) is 0 Å². The van der Waals surface area contributed by atoms with Crippen LogP contribution in [0, 0.1) is 6.92 Å². The van der Waals surface area contributed by atoms with Gasteiger partial charge in [0.2, 0.25) is 0 Å². The molecule has 1 heterocycles. The Balaban J connectivity index is 2.19. The summed E-state index contributed by atoms with van der Waals surface area (Å²) >= 11 is 3.40. The molecule has 0 atom stereocenters. The summed E-state index contributed by atoms with van der Waals surface area (Å²) in [5.74, 6) is 0.806. The van der Waals surface area contributed by atoms with Gasteiger partial charge in [-0.15, -0.1) is 0 Å². The summed E-state index contributed by atoms with van der Waals surface area (Å²) in [6.45, 7) is 2.06. The number of H-pyrrole nitrogens is 1. The van der Waals surface area contributed by atoms with E-state index in [0.29, 0.717) is 5.69 Å². The first kappa shape index (κ1) is 11.3. The SMILES string of the molecule is Cc1ccc2nc(-c3ccc(Br)cc3N)[nH]c2c1. The first-order chi connectivity index (χ1) is 8.63. The van der Waals surface area contributed by atoms with E-state index < -0.39 is 0 Å². The van der Waals surface area contributed by atoms with Crippen LogP contribution in [-0.4, -0.2) is 9.97 Å². The maximum absolute atomic E-state index is 6.02. The molecule has 90 valence electrons. The van der Waals surface area contributed by atoms with E-state index in [1.54, 1.807) is 0 Å². The van der Waals surface area contributed by atoms with Gasteiger partial charge in [-0.25, -0.2) is 4.98 Å². The van der Waals surface area contributed by atoms with Gasteiger partial charge in [0.25, 0.3) is 0 Å². The summed E-state index contributed by atoms with van der Waals surface area (Å²) in [5, 5.41) is 0. The molecule has 0 aliphatic rings. The van der Waals surface area contributed by atoms with Crippen LogP contribution in [0.15, 0.2) is 40.9 Å². The molecule has 0 amide bonds. The molecule has 4 heteroatoms. The minimum absolute atomic E-state index is 0.708. The van der Waals surface area contributed by atoms with Crippen LogP contribution in [0.1, 0.15) is 5.56 Å². The molecule has 3 rings (SSSR count). The fraction of sp³-hybridized carbons (Fsp3) is 0.0714. The van der Waals surface area contributed by atoms with E-state index in [9.17, 15) is 0 Å². The highest BCUT2D eigenvalue weighted by Crippen LogP contribution is 2.28. The molecular weight excluding hydrogens is 290 g/mol. The summed E-state index contributed by atoms with van der Waals surface area (Å²) in [4.78, 5) is 7.87. The van der Waals surface area contributed by atoms with Crippen LogP contribution in [0.5, 0.6) is 0 Å². The van der Waals surface area contributed by atoms with Gasteiger partial charge in [-0.2, -0.15) is 0 Å². The number of nitrogen functional groups attached to an aromatic ring is 1. The number of aromatic nitrogens is 2. The smallest absolute Gasteiger partial charge is 0.140 e. The maximum Gasteiger partial charge on any atom is 0.140 e. The van der Waals surface area contributed by atoms with E-state index in [1.165, 1.54) is 5.56 Å². The number of hydrogen-bond donors (Lipinski definition) is 2. The number of aromatic amines is 1. The molecule has 0 bridgehead atoms. The summed E-state index contributed by atoms with van der Waals surface area (Å²) in [6, 6.07) is 12.0. The largest absolute Gasteiger partial charge is 0.398 e. The van der Waals surface area contributed by atoms with Crippen molar-refractivity contribution >= 4 is 32.7 Å². The van der Waals surface area contributed by atoms with E-state index in [-0.39, 0.29) is 0 Å². The highest BCUT2D eigenvalue weighted by atomic mass is 79.9. The van der Waals surface area contributed by atoms with Crippen molar-refractivity contribution in [1.82, 2.24) is 9.97 Å². The lowest BCUT2D eigenvalue weighted by Gasteiger charge is -2.02. The van der Waals surface area contributed by atoms with Crippen LogP contribution in [-0.2, 0) is 0 Å². The summed E-state index contributed by atoms with van der Waals surface area (Å²) in [6.07, 6.45) is 0. The number of fused-ring (bicyclic) bond motifs is 1. The van der Waals surface area contributed by atoms with E-state index in [2.05, 4.69) is 45.0 Å². The standard InChI is InChI=1S/C14H12BrN3/c1-8-2-5-12-13(6-8)18-14(17-12)10-4-3-9(15)7-11(10)16/h2-7H,16H2,1H3,(H,17,18). The van der Waals surface area contributed by atoms with Crippen molar-refractivity contribution in [2.24, 2.45) is 0 Å². The summed E-state index contributed by atoms with van der Waals surface area (Å²) in [5.41, 5.74) is 10.8. The van der Waals surface area contributed by atoms with E-state index in [4.69, 9.17) is 5.73 Å². The Kier molecular flexibility index (Phi) is 2.59. The Labute approximate surface area is 113 Å². The number of nitrogens with one attached hydrogen (secondary N) is 1. The molecule has 0 unspecified atom stereocenters. The van der Waals surface area contributed by atoms with Gasteiger partial charge >= 0.3 is 0 Å². The lowest BCUT2D eigenvalue weighted by atomic mass is 10.2. The van der Waals surface area contributed by atoms with Crippen molar-refractivity contribution < 1.29 is 0 Å². The van der Waals surface area contributed by atoms with Gasteiger partial charge in [0.1, 0.15) is 5.82 Å². The number of aryl methyl sites for hydroxylation is 1. The Bertz CT molecular complexity index is 731. The van der Waals surface area contributed by atoms with Crippen LogP contribution >= 0.6 is 15.9 Å². The zero-order valence-corrected chi connectivity index (χ0v) is 11.5. The normalized spacial score (nSPS) is 11.0. The first-order valence-electron chi connectivity index (χ1n) is 5.65. The molecule has 0 aliphatic heterocycles. The van der Waals surface area contributed by atoms with Crippen molar-refractivity contribution in [1.29, 1.82) is 0 Å². The number of hydrogen-bond acceptors (Lipinski definition) is 2. The summed E-state index contributed by atoms with van der Waals surface area (Å²) < 4.78 is 0.968. The lowest BCUT2D eigenvalue weighted by molar-refractivity contribution is 1.33. The van der Waals surface area contributed by atoms with Crippen molar-refractivity contribution in [2.45, 2.75) is 6.92 Å². The number of nitrogens with two attached hydrogens (primary N) is 1. The Morgan fingerprint density at radius 2 is 2.00 bits per heavy atom. The molecule has 0 fully saturated rings. The Morgan fingerprint density at radius 1 is 1.17 bits per heavy atom. The first-order valence-corrected chi connectivity index (χ1v) is 6.44. The number of rotatable bonds is 1. The Hall–Kier alpha value is -1.81. The second kappa shape index (κ2) is 4.14. The zero-order valence-electron chi connectivity index (χ0n) is 9.87. The monoisotopic (exact) mass is 301 g/mol. The van der Waals surface area contributed by atoms with Gasteiger partial charge in [-0.3, -0.25) is 0 Å². The van der Waals surface area contributed by atoms with Gasteiger partial charge in [-0.1, -0.05) is 22.0 Å². The lowest BCUT2D eigenvalue weighted by Crippen LogP contribution is -1.91. The number of halogens is 1. The van der Waals surface area contributed by atoms with Crippen LogP contribution < -0.4 is 5.73 Å². The van der Waals surface area contributed by atoms with Gasteiger partial charge in [0.15, 0.2) is 0 Å². The Morgan fingerprint density at radius 3 is 2.78 bits per heavy atom. The third-order valence-corrected chi connectivity index (χ3v) is 3.40. The molecule has 0 aliphatic carbocycles. The molecule has 0 saturated heterocycles. The molecule has 3 nitrogen and oxygen atoms in total. The van der Waals surface area contributed by atoms with Crippen LogP contribution in [0.3, 0.4) is 0 Å². The van der Waals surface area contributed by atoms with Gasteiger partial charge in [0, 0.05) is 15.7 Å². The molecule has 2 aromatic carbocycles. The van der Waals surface area contributed by atoms with E-state index >= 15 is 0 Å². The van der Waals surface area contributed by atoms with Crippen molar-refractivity contribution in [3.05, 3.63) is 46.4 Å². The minimum atomic E-state index is 0.708.